The fourth-order valence-corrected chi connectivity index (χ4v) is 3.33. The van der Waals surface area contributed by atoms with Crippen LogP contribution in [0.3, 0.4) is 0 Å². The Hall–Kier alpha value is -3.60. The molecule has 2 aromatic heterocycles. The van der Waals surface area contributed by atoms with Gasteiger partial charge in [0, 0.05) is 37.5 Å². The van der Waals surface area contributed by atoms with Gasteiger partial charge in [0.1, 0.15) is 5.56 Å². The van der Waals surface area contributed by atoms with Gasteiger partial charge in [-0.05, 0) is 35.2 Å². The smallest absolute Gasteiger partial charge is 0.261 e. The second-order valence-electron chi connectivity index (χ2n) is 6.78. The summed E-state index contributed by atoms with van der Waals surface area (Å²) in [6.45, 7) is 1.17. The van der Waals surface area contributed by atoms with Gasteiger partial charge in [0.2, 0.25) is 0 Å². The number of rotatable bonds is 5. The zero-order valence-electron chi connectivity index (χ0n) is 15.6. The van der Waals surface area contributed by atoms with E-state index in [1.807, 2.05) is 48.7 Å². The van der Waals surface area contributed by atoms with Gasteiger partial charge in [-0.25, -0.2) is 0 Å². The first kappa shape index (κ1) is 17.8. The number of nitrogens with one attached hydrogen (secondary N) is 1. The third-order valence-corrected chi connectivity index (χ3v) is 4.93. The Labute approximate surface area is 162 Å². The summed E-state index contributed by atoms with van der Waals surface area (Å²) in [6.07, 6.45) is 2.02. The lowest BCUT2D eigenvalue weighted by molar-refractivity contribution is 0.0789. The van der Waals surface area contributed by atoms with E-state index in [-0.39, 0.29) is 17.0 Å². The fourth-order valence-electron chi connectivity index (χ4n) is 3.33. The SMILES string of the molecule is CN(CCn1ccc2ccccc21)C(=O)c1ccc(-c2ccccc2)[nH]c1=O. The van der Waals surface area contributed by atoms with E-state index in [2.05, 4.69) is 27.8 Å². The molecule has 4 aromatic rings. The van der Waals surface area contributed by atoms with Crippen LogP contribution in [0.15, 0.2) is 83.8 Å². The van der Waals surface area contributed by atoms with Gasteiger partial charge < -0.3 is 14.5 Å². The summed E-state index contributed by atoms with van der Waals surface area (Å²) in [6, 6.07) is 23.1. The molecule has 2 heterocycles. The number of pyridine rings is 1. The molecule has 2 aromatic carbocycles. The summed E-state index contributed by atoms with van der Waals surface area (Å²) in [4.78, 5) is 29.6. The lowest BCUT2D eigenvalue weighted by atomic mass is 10.1. The highest BCUT2D eigenvalue weighted by molar-refractivity contribution is 5.94. The number of amides is 1. The van der Waals surface area contributed by atoms with Crippen molar-refractivity contribution in [3.8, 4) is 11.3 Å². The molecule has 0 radical (unpaired) electrons. The van der Waals surface area contributed by atoms with E-state index in [1.165, 1.54) is 5.39 Å². The molecule has 0 saturated heterocycles. The number of hydrogen-bond acceptors (Lipinski definition) is 2. The number of nitrogens with zero attached hydrogens (tertiary/aromatic N) is 2. The molecule has 5 heteroatoms. The van der Waals surface area contributed by atoms with Gasteiger partial charge in [0.05, 0.1) is 0 Å². The number of carbonyl (C=O) groups excluding carboxylic acids is 1. The van der Waals surface area contributed by atoms with Crippen LogP contribution in [0.5, 0.6) is 0 Å². The predicted octanol–water partition coefficient (Wildman–Crippen LogP) is 3.77. The maximum Gasteiger partial charge on any atom is 0.261 e. The standard InChI is InChI=1S/C23H21N3O2/c1-25(15-16-26-14-13-18-9-5-6-10-21(18)26)23(28)19-11-12-20(24-22(19)27)17-7-3-2-4-8-17/h2-14H,15-16H2,1H3,(H,24,27). The summed E-state index contributed by atoms with van der Waals surface area (Å²) in [5.41, 5.74) is 2.52. The van der Waals surface area contributed by atoms with E-state index in [9.17, 15) is 9.59 Å². The highest BCUT2D eigenvalue weighted by Gasteiger charge is 2.16. The minimum absolute atomic E-state index is 0.152. The third kappa shape index (κ3) is 3.47. The lowest BCUT2D eigenvalue weighted by Gasteiger charge is -2.18. The molecule has 0 aliphatic carbocycles. The number of likely N-dealkylation sites (N-methyl/N-ethyl adjacent to an activating group) is 1. The van der Waals surface area contributed by atoms with Crippen LogP contribution in [-0.4, -0.2) is 34.0 Å². The molecule has 0 unspecified atom stereocenters. The topological polar surface area (TPSA) is 58.1 Å². The molecule has 0 spiro atoms. The van der Waals surface area contributed by atoms with Crippen LogP contribution in [0.1, 0.15) is 10.4 Å². The van der Waals surface area contributed by atoms with Crippen molar-refractivity contribution in [3.05, 3.63) is 94.9 Å². The predicted molar refractivity (Wildman–Crippen MR) is 111 cm³/mol. The highest BCUT2D eigenvalue weighted by atomic mass is 16.2. The number of para-hydroxylation sites is 1. The zero-order chi connectivity index (χ0) is 19.5. The van der Waals surface area contributed by atoms with Crippen molar-refractivity contribution in [2.75, 3.05) is 13.6 Å². The zero-order valence-corrected chi connectivity index (χ0v) is 15.6. The van der Waals surface area contributed by atoms with Crippen molar-refractivity contribution in [2.24, 2.45) is 0 Å². The van der Waals surface area contributed by atoms with Crippen molar-refractivity contribution in [2.45, 2.75) is 6.54 Å². The van der Waals surface area contributed by atoms with Crippen LogP contribution in [0, 0.1) is 0 Å². The average molecular weight is 371 g/mol. The largest absolute Gasteiger partial charge is 0.346 e. The molecular formula is C23H21N3O2. The molecule has 0 aliphatic heterocycles. The van der Waals surface area contributed by atoms with Crippen LogP contribution in [0.2, 0.25) is 0 Å². The quantitative estimate of drug-likeness (QED) is 0.581. The molecule has 0 saturated carbocycles. The first-order chi connectivity index (χ1) is 13.6. The van der Waals surface area contributed by atoms with E-state index >= 15 is 0 Å². The van der Waals surface area contributed by atoms with E-state index in [1.54, 1.807) is 24.1 Å². The van der Waals surface area contributed by atoms with Crippen LogP contribution < -0.4 is 5.56 Å². The van der Waals surface area contributed by atoms with Crippen LogP contribution in [-0.2, 0) is 6.54 Å². The summed E-state index contributed by atoms with van der Waals surface area (Å²) in [5, 5.41) is 1.17. The number of H-pyrrole nitrogens is 1. The Kier molecular flexibility index (Phi) is 4.81. The van der Waals surface area contributed by atoms with Crippen molar-refractivity contribution in [1.29, 1.82) is 0 Å². The molecule has 28 heavy (non-hydrogen) atoms. The molecule has 0 aliphatic rings. The maximum atomic E-state index is 12.7. The molecule has 4 rings (SSSR count). The van der Waals surface area contributed by atoms with Gasteiger partial charge in [-0.2, -0.15) is 0 Å². The number of fused-ring (bicyclic) bond motifs is 1. The van der Waals surface area contributed by atoms with Crippen molar-refractivity contribution >= 4 is 16.8 Å². The summed E-state index contributed by atoms with van der Waals surface area (Å²) in [7, 11) is 1.72. The monoisotopic (exact) mass is 371 g/mol. The average Bonchev–Trinajstić information content (AvgIpc) is 3.15. The molecule has 0 atom stereocenters. The van der Waals surface area contributed by atoms with Crippen LogP contribution in [0.25, 0.3) is 22.2 Å². The lowest BCUT2D eigenvalue weighted by Crippen LogP contribution is -2.33. The molecule has 140 valence electrons. The van der Waals surface area contributed by atoms with Gasteiger partial charge in [-0.15, -0.1) is 0 Å². The second kappa shape index (κ2) is 7.56. The molecule has 5 nitrogen and oxygen atoms in total. The summed E-state index contributed by atoms with van der Waals surface area (Å²) in [5.74, 6) is -0.280. The Balaban J connectivity index is 1.48. The van der Waals surface area contributed by atoms with E-state index < -0.39 is 0 Å². The second-order valence-corrected chi connectivity index (χ2v) is 6.78. The van der Waals surface area contributed by atoms with Crippen molar-refractivity contribution in [1.82, 2.24) is 14.5 Å². The Morgan fingerprint density at radius 2 is 1.71 bits per heavy atom. The number of carbonyl (C=O) groups is 1. The number of benzene rings is 2. The summed E-state index contributed by atoms with van der Waals surface area (Å²) >= 11 is 0. The normalized spacial score (nSPS) is 10.9. The molecule has 0 fully saturated rings. The molecular weight excluding hydrogens is 350 g/mol. The van der Waals surface area contributed by atoms with Gasteiger partial charge >= 0.3 is 0 Å². The van der Waals surface area contributed by atoms with Gasteiger partial charge in [-0.3, -0.25) is 9.59 Å². The van der Waals surface area contributed by atoms with Gasteiger partial charge in [0.25, 0.3) is 11.5 Å². The Morgan fingerprint density at radius 3 is 2.50 bits per heavy atom. The maximum absolute atomic E-state index is 12.7. The first-order valence-electron chi connectivity index (χ1n) is 9.21. The fraction of sp³-hybridized carbons (Fsp3) is 0.130. The van der Waals surface area contributed by atoms with Crippen LogP contribution >= 0.6 is 0 Å². The highest BCUT2D eigenvalue weighted by Crippen LogP contribution is 2.16. The van der Waals surface area contributed by atoms with Gasteiger partial charge in [-0.1, -0.05) is 48.5 Å². The van der Waals surface area contributed by atoms with Crippen molar-refractivity contribution in [3.63, 3.8) is 0 Å². The Morgan fingerprint density at radius 1 is 0.964 bits per heavy atom. The van der Waals surface area contributed by atoms with E-state index in [0.29, 0.717) is 18.8 Å². The van der Waals surface area contributed by atoms with Crippen LogP contribution in [0.4, 0.5) is 0 Å². The minimum Gasteiger partial charge on any atom is -0.346 e. The Bertz CT molecular complexity index is 1180. The van der Waals surface area contributed by atoms with E-state index in [4.69, 9.17) is 0 Å². The summed E-state index contributed by atoms with van der Waals surface area (Å²) < 4.78 is 2.11. The van der Waals surface area contributed by atoms with Crippen molar-refractivity contribution < 1.29 is 4.79 Å². The number of aromatic nitrogens is 2. The molecule has 0 bridgehead atoms. The van der Waals surface area contributed by atoms with Gasteiger partial charge in [0.15, 0.2) is 0 Å². The first-order valence-corrected chi connectivity index (χ1v) is 9.21. The minimum atomic E-state index is -0.371. The third-order valence-electron chi connectivity index (χ3n) is 4.93. The molecule has 1 amide bonds. The number of hydrogen-bond donors (Lipinski definition) is 1. The molecule has 1 N–H and O–H groups in total. The number of aromatic amines is 1. The van der Waals surface area contributed by atoms with E-state index in [0.717, 1.165) is 11.1 Å².